The average molecular weight is 252 g/mol. The molecule has 17 heavy (non-hydrogen) atoms. The van der Waals surface area contributed by atoms with Gasteiger partial charge in [-0.2, -0.15) is 0 Å². The van der Waals surface area contributed by atoms with E-state index in [1.54, 1.807) is 13.2 Å². The second-order valence-electron chi connectivity index (χ2n) is 3.48. The summed E-state index contributed by atoms with van der Waals surface area (Å²) < 4.78 is 10.6. The van der Waals surface area contributed by atoms with Crippen LogP contribution in [0, 0.1) is 0 Å². The molecule has 0 spiro atoms. The molecule has 2 rings (SSSR count). The zero-order chi connectivity index (χ0) is 12.4. The van der Waals surface area contributed by atoms with Crippen molar-refractivity contribution in [1.29, 1.82) is 0 Å². The van der Waals surface area contributed by atoms with Crippen molar-refractivity contribution < 1.29 is 19.4 Å². The van der Waals surface area contributed by atoms with Gasteiger partial charge in [0, 0.05) is 9.58 Å². The normalized spacial score (nSPS) is 12.4. The van der Waals surface area contributed by atoms with Gasteiger partial charge < -0.3 is 14.6 Å². The van der Waals surface area contributed by atoms with Crippen molar-refractivity contribution in [2.24, 2.45) is 0 Å². The number of fused-ring (bicyclic) bond motifs is 1. The van der Waals surface area contributed by atoms with Gasteiger partial charge >= 0.3 is 5.97 Å². The summed E-state index contributed by atoms with van der Waals surface area (Å²) in [6.07, 6.45) is -1.22. The van der Waals surface area contributed by atoms with Crippen molar-refractivity contribution in [3.8, 4) is 5.75 Å². The van der Waals surface area contributed by atoms with Gasteiger partial charge in [-0.15, -0.1) is 11.3 Å². The number of carbonyl (C=O) groups is 1. The minimum Gasteiger partial charge on any atom is -0.497 e. The van der Waals surface area contributed by atoms with E-state index in [9.17, 15) is 9.90 Å². The summed E-state index contributed by atoms with van der Waals surface area (Å²) in [5.74, 6) is 0.0991. The van der Waals surface area contributed by atoms with Crippen LogP contribution in [-0.4, -0.2) is 25.3 Å². The van der Waals surface area contributed by atoms with Crippen LogP contribution in [0.3, 0.4) is 0 Å². The third kappa shape index (κ3) is 2.25. The highest BCUT2D eigenvalue weighted by atomic mass is 32.1. The molecule has 2 aromatic rings. The van der Waals surface area contributed by atoms with E-state index in [1.807, 2.05) is 18.2 Å². The standard InChI is InChI=1S/C12H12O4S/c1-15-8-4-3-7-5-10(17-9(7)6-8)11(13)12(14)16-2/h3-6,11,13H,1-2H3. The Hall–Kier alpha value is -1.59. The van der Waals surface area contributed by atoms with Crippen LogP contribution in [0.2, 0.25) is 0 Å². The first-order chi connectivity index (χ1) is 8.15. The molecule has 0 aliphatic heterocycles. The lowest BCUT2D eigenvalue weighted by atomic mass is 10.2. The molecule has 0 aliphatic carbocycles. The molecule has 4 nitrogen and oxygen atoms in total. The number of benzene rings is 1. The molecular weight excluding hydrogens is 240 g/mol. The Balaban J connectivity index is 2.40. The first-order valence-electron chi connectivity index (χ1n) is 4.99. The number of esters is 1. The summed E-state index contributed by atoms with van der Waals surface area (Å²) >= 11 is 1.35. The molecule has 0 fully saturated rings. The lowest BCUT2D eigenvalue weighted by molar-refractivity contribution is -0.150. The fourth-order valence-corrected chi connectivity index (χ4v) is 2.59. The molecule has 1 atom stereocenters. The number of rotatable bonds is 3. The third-order valence-corrected chi connectivity index (χ3v) is 3.59. The van der Waals surface area contributed by atoms with E-state index in [0.29, 0.717) is 4.88 Å². The van der Waals surface area contributed by atoms with Crippen LogP contribution in [0.15, 0.2) is 24.3 Å². The molecule has 1 heterocycles. The van der Waals surface area contributed by atoms with Crippen molar-refractivity contribution >= 4 is 27.4 Å². The van der Waals surface area contributed by atoms with E-state index < -0.39 is 12.1 Å². The van der Waals surface area contributed by atoms with Gasteiger partial charge in [-0.25, -0.2) is 4.79 Å². The molecule has 0 saturated heterocycles. The van der Waals surface area contributed by atoms with Gasteiger partial charge in [0.25, 0.3) is 0 Å². The van der Waals surface area contributed by atoms with E-state index in [4.69, 9.17) is 4.74 Å². The fraction of sp³-hybridized carbons (Fsp3) is 0.250. The minimum atomic E-state index is -1.22. The van der Waals surface area contributed by atoms with Crippen LogP contribution in [-0.2, 0) is 9.53 Å². The van der Waals surface area contributed by atoms with E-state index in [-0.39, 0.29) is 0 Å². The molecule has 0 radical (unpaired) electrons. The van der Waals surface area contributed by atoms with Gasteiger partial charge in [0.2, 0.25) is 0 Å². The molecular formula is C12H12O4S. The quantitative estimate of drug-likeness (QED) is 0.850. The first-order valence-corrected chi connectivity index (χ1v) is 5.80. The second kappa shape index (κ2) is 4.73. The molecule has 0 saturated carbocycles. The Morgan fingerprint density at radius 1 is 1.35 bits per heavy atom. The van der Waals surface area contributed by atoms with Gasteiger partial charge in [0.05, 0.1) is 14.2 Å². The maximum atomic E-state index is 11.2. The summed E-state index contributed by atoms with van der Waals surface area (Å²) in [7, 11) is 2.85. The lowest BCUT2D eigenvalue weighted by Crippen LogP contribution is -2.11. The molecule has 1 N–H and O–H groups in total. The number of aliphatic hydroxyl groups excluding tert-OH is 1. The SMILES string of the molecule is COC(=O)C(O)c1cc2ccc(OC)cc2s1. The van der Waals surface area contributed by atoms with Crippen LogP contribution in [0.4, 0.5) is 0 Å². The summed E-state index contributed by atoms with van der Waals surface area (Å²) in [6.45, 7) is 0. The highest BCUT2D eigenvalue weighted by Crippen LogP contribution is 2.32. The number of aliphatic hydroxyl groups is 1. The highest BCUT2D eigenvalue weighted by molar-refractivity contribution is 7.19. The van der Waals surface area contributed by atoms with Crippen LogP contribution in [0.5, 0.6) is 5.75 Å². The van der Waals surface area contributed by atoms with Crippen molar-refractivity contribution in [2.45, 2.75) is 6.10 Å². The maximum Gasteiger partial charge on any atom is 0.340 e. The van der Waals surface area contributed by atoms with Crippen molar-refractivity contribution in [2.75, 3.05) is 14.2 Å². The summed E-state index contributed by atoms with van der Waals surface area (Å²) in [5.41, 5.74) is 0. The molecule has 0 bridgehead atoms. The van der Waals surface area contributed by atoms with Crippen LogP contribution in [0.25, 0.3) is 10.1 Å². The molecule has 90 valence electrons. The topological polar surface area (TPSA) is 55.8 Å². The van der Waals surface area contributed by atoms with Crippen molar-refractivity contribution in [3.63, 3.8) is 0 Å². The zero-order valence-corrected chi connectivity index (χ0v) is 10.3. The van der Waals surface area contributed by atoms with Gasteiger partial charge in [-0.3, -0.25) is 0 Å². The Labute approximate surface area is 102 Å². The van der Waals surface area contributed by atoms with Crippen LogP contribution < -0.4 is 4.74 Å². The number of thiophene rings is 1. The molecule has 0 aliphatic rings. The molecule has 1 unspecified atom stereocenters. The molecule has 1 aromatic carbocycles. The average Bonchev–Trinajstić information content (AvgIpc) is 2.79. The number of ether oxygens (including phenoxy) is 2. The fourth-order valence-electron chi connectivity index (χ4n) is 1.52. The number of hydrogen-bond acceptors (Lipinski definition) is 5. The predicted molar refractivity (Wildman–Crippen MR) is 65.4 cm³/mol. The largest absolute Gasteiger partial charge is 0.497 e. The first kappa shape index (κ1) is 11.9. The highest BCUT2D eigenvalue weighted by Gasteiger charge is 2.20. The molecule has 0 amide bonds. The number of carbonyl (C=O) groups excluding carboxylic acids is 1. The maximum absolute atomic E-state index is 11.2. The Kier molecular flexibility index (Phi) is 3.31. The molecule has 5 heteroatoms. The number of hydrogen-bond donors (Lipinski definition) is 1. The summed E-state index contributed by atoms with van der Waals surface area (Å²) in [6, 6.07) is 7.37. The van der Waals surface area contributed by atoms with Crippen molar-refractivity contribution in [1.82, 2.24) is 0 Å². The van der Waals surface area contributed by atoms with Crippen LogP contribution in [0.1, 0.15) is 11.0 Å². The smallest absolute Gasteiger partial charge is 0.340 e. The number of methoxy groups -OCH3 is 2. The zero-order valence-electron chi connectivity index (χ0n) is 9.47. The minimum absolute atomic E-state index is 0.570. The Bertz CT molecular complexity index is 546. The van der Waals surface area contributed by atoms with Gasteiger partial charge in [0.1, 0.15) is 5.75 Å². The van der Waals surface area contributed by atoms with E-state index in [0.717, 1.165) is 15.8 Å². The summed E-state index contributed by atoms with van der Waals surface area (Å²) in [4.78, 5) is 11.8. The monoisotopic (exact) mass is 252 g/mol. The van der Waals surface area contributed by atoms with Gasteiger partial charge in [0.15, 0.2) is 6.10 Å². The molecule has 1 aromatic heterocycles. The Morgan fingerprint density at radius 2 is 2.12 bits per heavy atom. The van der Waals surface area contributed by atoms with Gasteiger partial charge in [-0.1, -0.05) is 0 Å². The third-order valence-electron chi connectivity index (χ3n) is 2.44. The predicted octanol–water partition coefficient (Wildman–Crippen LogP) is 2.12. The van der Waals surface area contributed by atoms with Gasteiger partial charge in [-0.05, 0) is 29.7 Å². The second-order valence-corrected chi connectivity index (χ2v) is 4.59. The lowest BCUT2D eigenvalue weighted by Gasteiger charge is -2.04. The van der Waals surface area contributed by atoms with Crippen LogP contribution >= 0.6 is 11.3 Å². The van der Waals surface area contributed by atoms with E-state index in [1.165, 1.54) is 18.4 Å². The summed E-state index contributed by atoms with van der Waals surface area (Å²) in [5, 5.41) is 10.7. The Morgan fingerprint density at radius 3 is 2.76 bits per heavy atom. The van der Waals surface area contributed by atoms with E-state index >= 15 is 0 Å². The van der Waals surface area contributed by atoms with E-state index in [2.05, 4.69) is 4.74 Å². The van der Waals surface area contributed by atoms with Crippen molar-refractivity contribution in [3.05, 3.63) is 29.1 Å².